The fraction of sp³-hybridized carbons (Fsp3) is 0. The van der Waals surface area contributed by atoms with E-state index in [0.717, 1.165) is 0 Å². The van der Waals surface area contributed by atoms with E-state index in [9.17, 15) is 9.59 Å². The highest BCUT2D eigenvalue weighted by atomic mass is 16.1. The molecule has 0 saturated carbocycles. The molecule has 50 valence electrons. The number of hydrogen-bond acceptors (Lipinski definition) is 4. The van der Waals surface area contributed by atoms with Gasteiger partial charge in [0.05, 0.1) is 0 Å². The van der Waals surface area contributed by atoms with Crippen molar-refractivity contribution in [1.82, 2.24) is 9.97 Å². The minimum Gasteiger partial charge on any atom is -0.296 e. The van der Waals surface area contributed by atoms with Crippen LogP contribution >= 0.6 is 0 Å². The molecule has 0 saturated heterocycles. The number of aromatic nitrogens is 2. The zero-order valence-corrected chi connectivity index (χ0v) is 5.02. The van der Waals surface area contributed by atoms with Gasteiger partial charge in [-0.1, -0.05) is 0 Å². The normalized spacial score (nSPS) is 8.80. The standard InChI is InChI=1S/C6H4N2O2/c9-2-5-1-6(3-10)8-4-7-5/h1-4H. The number of nitrogens with zero attached hydrogens (tertiary/aromatic N) is 2. The Labute approximate surface area is 56.9 Å². The molecule has 0 atom stereocenters. The average Bonchev–Trinajstić information content (AvgIpc) is 2.05. The van der Waals surface area contributed by atoms with Crippen molar-refractivity contribution >= 4 is 12.6 Å². The van der Waals surface area contributed by atoms with Crippen molar-refractivity contribution in [1.29, 1.82) is 0 Å². The molecule has 4 heteroatoms. The summed E-state index contributed by atoms with van der Waals surface area (Å²) in [7, 11) is 0. The van der Waals surface area contributed by atoms with E-state index >= 15 is 0 Å². The largest absolute Gasteiger partial charge is 0.296 e. The van der Waals surface area contributed by atoms with Crippen molar-refractivity contribution in [3.05, 3.63) is 23.8 Å². The molecule has 0 aliphatic carbocycles. The molecule has 1 heterocycles. The predicted molar refractivity (Wildman–Crippen MR) is 32.8 cm³/mol. The summed E-state index contributed by atoms with van der Waals surface area (Å²) in [5.74, 6) is 0. The molecule has 0 spiro atoms. The van der Waals surface area contributed by atoms with Crippen LogP contribution in [0.4, 0.5) is 0 Å². The number of rotatable bonds is 2. The maximum Gasteiger partial charge on any atom is 0.168 e. The second kappa shape index (κ2) is 2.82. The van der Waals surface area contributed by atoms with Crippen LogP contribution in [0.25, 0.3) is 0 Å². The highest BCUT2D eigenvalue weighted by molar-refractivity contribution is 5.77. The molecule has 4 nitrogen and oxygen atoms in total. The summed E-state index contributed by atoms with van der Waals surface area (Å²) in [6.07, 6.45) is 2.30. The molecule has 0 unspecified atom stereocenters. The zero-order chi connectivity index (χ0) is 7.40. The van der Waals surface area contributed by atoms with Gasteiger partial charge in [-0.25, -0.2) is 9.97 Å². The third kappa shape index (κ3) is 1.22. The van der Waals surface area contributed by atoms with Gasteiger partial charge in [0.15, 0.2) is 12.6 Å². The summed E-state index contributed by atoms with van der Waals surface area (Å²) in [5.41, 5.74) is 0.439. The molecule has 1 aromatic rings. The lowest BCUT2D eigenvalue weighted by Crippen LogP contribution is -1.92. The fourth-order valence-electron chi connectivity index (χ4n) is 0.517. The molecule has 0 fully saturated rings. The van der Waals surface area contributed by atoms with Crippen LogP contribution < -0.4 is 0 Å². The molecule has 0 aliphatic heterocycles. The highest BCUT2D eigenvalue weighted by Crippen LogP contribution is 1.90. The van der Waals surface area contributed by atoms with Crippen molar-refractivity contribution in [3.63, 3.8) is 0 Å². The zero-order valence-electron chi connectivity index (χ0n) is 5.02. The molecule has 1 aromatic heterocycles. The van der Waals surface area contributed by atoms with Crippen LogP contribution in [0.1, 0.15) is 21.0 Å². The van der Waals surface area contributed by atoms with Crippen LogP contribution in [-0.4, -0.2) is 22.5 Å². The molecule has 0 bridgehead atoms. The Morgan fingerprint density at radius 1 is 1.10 bits per heavy atom. The average molecular weight is 136 g/mol. The van der Waals surface area contributed by atoms with Gasteiger partial charge < -0.3 is 0 Å². The summed E-state index contributed by atoms with van der Waals surface area (Å²) < 4.78 is 0. The van der Waals surface area contributed by atoms with Crippen molar-refractivity contribution in [2.45, 2.75) is 0 Å². The van der Waals surface area contributed by atoms with E-state index < -0.39 is 0 Å². The predicted octanol–water partition coefficient (Wildman–Crippen LogP) is 0.102. The molecule has 0 aromatic carbocycles. The molecule has 1 rings (SSSR count). The lowest BCUT2D eigenvalue weighted by molar-refractivity contribution is 0.111. The first-order chi connectivity index (χ1) is 4.86. The first-order valence-corrected chi connectivity index (χ1v) is 2.59. The van der Waals surface area contributed by atoms with E-state index in [1.165, 1.54) is 12.4 Å². The minimum absolute atomic E-state index is 0.220. The summed E-state index contributed by atoms with van der Waals surface area (Å²) in [4.78, 5) is 27.3. The summed E-state index contributed by atoms with van der Waals surface area (Å²) in [6.45, 7) is 0. The second-order valence-electron chi connectivity index (χ2n) is 1.60. The Bertz CT molecular complexity index is 236. The van der Waals surface area contributed by atoms with Crippen molar-refractivity contribution in [3.8, 4) is 0 Å². The van der Waals surface area contributed by atoms with E-state index in [-0.39, 0.29) is 11.4 Å². The molecular formula is C6H4N2O2. The van der Waals surface area contributed by atoms with E-state index in [4.69, 9.17) is 0 Å². The molecule has 0 radical (unpaired) electrons. The smallest absolute Gasteiger partial charge is 0.168 e. The quantitative estimate of drug-likeness (QED) is 0.541. The van der Waals surface area contributed by atoms with Gasteiger partial charge in [-0.3, -0.25) is 9.59 Å². The van der Waals surface area contributed by atoms with E-state index in [2.05, 4.69) is 9.97 Å². The number of aldehydes is 2. The van der Waals surface area contributed by atoms with Gasteiger partial charge >= 0.3 is 0 Å². The summed E-state index contributed by atoms with van der Waals surface area (Å²) in [6, 6.07) is 1.32. The first kappa shape index (κ1) is 6.54. The second-order valence-corrected chi connectivity index (χ2v) is 1.60. The summed E-state index contributed by atoms with van der Waals surface area (Å²) in [5, 5.41) is 0. The topological polar surface area (TPSA) is 59.9 Å². The molecule has 0 amide bonds. The van der Waals surface area contributed by atoms with Crippen molar-refractivity contribution in [2.24, 2.45) is 0 Å². The van der Waals surface area contributed by atoms with Crippen LogP contribution in [0.15, 0.2) is 12.4 Å². The highest BCUT2D eigenvalue weighted by Gasteiger charge is 1.93. The van der Waals surface area contributed by atoms with Gasteiger partial charge in [0.2, 0.25) is 0 Å². The van der Waals surface area contributed by atoms with Gasteiger partial charge in [-0.2, -0.15) is 0 Å². The van der Waals surface area contributed by atoms with E-state index in [1.807, 2.05) is 0 Å². The molecular weight excluding hydrogens is 132 g/mol. The lowest BCUT2D eigenvalue weighted by Gasteiger charge is -1.87. The van der Waals surface area contributed by atoms with Gasteiger partial charge in [0.1, 0.15) is 17.7 Å². The van der Waals surface area contributed by atoms with Crippen LogP contribution in [0, 0.1) is 0 Å². The lowest BCUT2D eigenvalue weighted by atomic mass is 10.3. The van der Waals surface area contributed by atoms with E-state index in [1.54, 1.807) is 0 Å². The third-order valence-electron chi connectivity index (χ3n) is 0.951. The Morgan fingerprint density at radius 2 is 1.60 bits per heavy atom. The number of carbonyl (C=O) groups excluding carboxylic acids is 2. The first-order valence-electron chi connectivity index (χ1n) is 2.59. The Balaban J connectivity index is 3.09. The molecule has 10 heavy (non-hydrogen) atoms. The fourth-order valence-corrected chi connectivity index (χ4v) is 0.517. The maximum absolute atomic E-state index is 10.1. The monoisotopic (exact) mass is 136 g/mol. The number of carbonyl (C=O) groups is 2. The van der Waals surface area contributed by atoms with E-state index in [0.29, 0.717) is 12.6 Å². The molecule has 0 N–H and O–H groups in total. The van der Waals surface area contributed by atoms with Crippen LogP contribution in [-0.2, 0) is 0 Å². The minimum atomic E-state index is 0.220. The van der Waals surface area contributed by atoms with Gasteiger partial charge in [0.25, 0.3) is 0 Å². The van der Waals surface area contributed by atoms with Gasteiger partial charge in [-0.15, -0.1) is 0 Å². The SMILES string of the molecule is O=Cc1cc(C=O)ncn1. The maximum atomic E-state index is 10.1. The third-order valence-corrected chi connectivity index (χ3v) is 0.951. The summed E-state index contributed by atoms with van der Waals surface area (Å²) >= 11 is 0. The Kier molecular flexibility index (Phi) is 1.84. The Morgan fingerprint density at radius 3 is 2.00 bits per heavy atom. The van der Waals surface area contributed by atoms with Crippen molar-refractivity contribution in [2.75, 3.05) is 0 Å². The van der Waals surface area contributed by atoms with Gasteiger partial charge in [-0.05, 0) is 6.07 Å². The molecule has 0 aliphatic rings. The Hall–Kier alpha value is -1.58. The van der Waals surface area contributed by atoms with Crippen LogP contribution in [0.3, 0.4) is 0 Å². The number of hydrogen-bond donors (Lipinski definition) is 0. The van der Waals surface area contributed by atoms with Crippen LogP contribution in [0.5, 0.6) is 0 Å². The van der Waals surface area contributed by atoms with Crippen LogP contribution in [0.2, 0.25) is 0 Å². The van der Waals surface area contributed by atoms with Gasteiger partial charge in [0, 0.05) is 0 Å². The van der Waals surface area contributed by atoms with Crippen molar-refractivity contribution < 1.29 is 9.59 Å².